The van der Waals surface area contributed by atoms with Crippen molar-refractivity contribution < 1.29 is 42.7 Å². The number of carbonyl (C=O) groups excluding carboxylic acids is 2. The molecule has 0 saturated carbocycles. The number of hydrogen-bond acceptors (Lipinski definition) is 9. The molecule has 2 saturated heterocycles. The van der Waals surface area contributed by atoms with Crippen molar-refractivity contribution in [1.29, 1.82) is 0 Å². The van der Waals surface area contributed by atoms with Gasteiger partial charge in [0.2, 0.25) is 10.1 Å². The molecule has 0 aromatic heterocycles. The lowest BCUT2D eigenvalue weighted by Gasteiger charge is -2.48. The Morgan fingerprint density at radius 3 is 2.61 bits per heavy atom. The molecule has 1 N–H and O–H groups in total. The lowest BCUT2D eigenvalue weighted by Crippen LogP contribution is -2.67. The molecule has 2 aliphatic rings. The first-order chi connectivity index (χ1) is 17.2. The van der Waals surface area contributed by atoms with Crippen LogP contribution in [0.2, 0.25) is 0 Å². The monoisotopic (exact) mass is 565 g/mol. The molecular weight excluding hydrogens is 541 g/mol. The summed E-state index contributed by atoms with van der Waals surface area (Å²) in [5.41, 5.74) is 0.739. The summed E-state index contributed by atoms with van der Waals surface area (Å²) in [7, 11) is 0. The molecule has 13 heteroatoms. The summed E-state index contributed by atoms with van der Waals surface area (Å²) < 4.78 is 37.4. The number of hydrogen-bond donors (Lipinski definition) is 1. The number of amides is 1. The molecule has 0 spiro atoms. The van der Waals surface area contributed by atoms with Crippen LogP contribution in [0.3, 0.4) is 0 Å². The number of fused-ring (bicyclic) bond motifs is 1. The van der Waals surface area contributed by atoms with Gasteiger partial charge in [0.25, 0.3) is 0 Å². The lowest BCUT2D eigenvalue weighted by atomic mass is 9.95. The number of rotatable bonds is 8. The predicted molar refractivity (Wildman–Crippen MR) is 130 cm³/mol. The van der Waals surface area contributed by atoms with E-state index in [1.54, 1.807) is 13.0 Å². The van der Waals surface area contributed by atoms with E-state index >= 15 is 0 Å². The van der Waals surface area contributed by atoms with Crippen LogP contribution in [0, 0.1) is 0 Å². The zero-order valence-corrected chi connectivity index (χ0v) is 21.5. The van der Waals surface area contributed by atoms with Crippen molar-refractivity contribution in [3.63, 3.8) is 0 Å². The molecule has 10 nitrogen and oxygen atoms in total. The summed E-state index contributed by atoms with van der Waals surface area (Å²) in [6.07, 6.45) is -2.29. The third-order valence-electron chi connectivity index (χ3n) is 4.96. The van der Waals surface area contributed by atoms with Crippen LogP contribution in [-0.2, 0) is 33.2 Å². The second-order valence-corrected chi connectivity index (χ2v) is 10.1. The molecule has 6 atom stereocenters. The van der Waals surface area contributed by atoms with Gasteiger partial charge in [0.1, 0.15) is 31.5 Å². The highest BCUT2D eigenvalue weighted by Gasteiger charge is 2.53. The molecule has 0 radical (unpaired) electrons. The largest absolute Gasteiger partial charge is 0.509 e. The van der Waals surface area contributed by atoms with Gasteiger partial charge in [0.05, 0.1) is 12.9 Å². The highest BCUT2D eigenvalue weighted by molar-refractivity contribution is 6.67. The van der Waals surface area contributed by atoms with Gasteiger partial charge in [-0.25, -0.2) is 9.59 Å². The maximum absolute atomic E-state index is 12.5. The van der Waals surface area contributed by atoms with Crippen LogP contribution in [0.5, 0.6) is 0 Å². The number of allylic oxidation sites excluding steroid dienone is 1. The fourth-order valence-electron chi connectivity index (χ4n) is 3.51. The molecule has 2 fully saturated rings. The van der Waals surface area contributed by atoms with Gasteiger partial charge in [0, 0.05) is 5.56 Å². The summed E-state index contributed by atoms with van der Waals surface area (Å²) in [4.78, 5) is 25.0. The fraction of sp³-hybridized carbons (Fsp3) is 0.478. The van der Waals surface area contributed by atoms with E-state index in [0.29, 0.717) is 0 Å². The first kappa shape index (κ1) is 28.4. The fourth-order valence-corrected chi connectivity index (χ4v) is 3.68. The van der Waals surface area contributed by atoms with E-state index in [0.717, 1.165) is 5.56 Å². The van der Waals surface area contributed by atoms with E-state index in [2.05, 4.69) is 11.9 Å². The predicted octanol–water partition coefficient (Wildman–Crippen LogP) is 4.55. The van der Waals surface area contributed by atoms with Crippen LogP contribution >= 0.6 is 34.8 Å². The third-order valence-corrected chi connectivity index (χ3v) is 5.29. The Balaban J connectivity index is 1.87. The standard InChI is InChI=1S/C23H26Cl3NO9/c1-3-10-30-20-16(27-21(28)33-13-23(24,25)26)18(36-22(29)31-11-4-2)17-15(34-20)12-32-19(35-17)14-8-6-5-7-9-14/h3-10,15-20H,2,11-13H2,1H3,(H,27,28)/b10-3+/t15-,16-,17-,18-,19-,20+/m1/s1. The number of alkyl carbamates (subject to hydrolysis) is 1. The number of ether oxygens (including phenoxy) is 7. The van der Waals surface area contributed by atoms with Crippen LogP contribution in [0.1, 0.15) is 18.8 Å². The van der Waals surface area contributed by atoms with Crippen molar-refractivity contribution >= 4 is 47.1 Å². The Kier molecular flexibility index (Phi) is 10.5. The van der Waals surface area contributed by atoms with Gasteiger partial charge in [-0.05, 0) is 6.92 Å². The van der Waals surface area contributed by atoms with Crippen molar-refractivity contribution in [2.24, 2.45) is 0 Å². The first-order valence-electron chi connectivity index (χ1n) is 10.9. The van der Waals surface area contributed by atoms with Gasteiger partial charge in [-0.3, -0.25) is 0 Å². The maximum Gasteiger partial charge on any atom is 0.509 e. The summed E-state index contributed by atoms with van der Waals surface area (Å²) in [5, 5.41) is 2.55. The van der Waals surface area contributed by atoms with E-state index in [4.69, 9.17) is 68.0 Å². The van der Waals surface area contributed by atoms with Crippen molar-refractivity contribution in [3.8, 4) is 0 Å². The topological polar surface area (TPSA) is 111 Å². The van der Waals surface area contributed by atoms with Crippen molar-refractivity contribution in [2.75, 3.05) is 19.8 Å². The molecular formula is C23H26Cl3NO9. The van der Waals surface area contributed by atoms with Crippen LogP contribution in [0.4, 0.5) is 9.59 Å². The normalized spacial score (nSPS) is 28.0. The van der Waals surface area contributed by atoms with Gasteiger partial charge in [-0.2, -0.15) is 0 Å². The highest BCUT2D eigenvalue weighted by Crippen LogP contribution is 2.36. The Morgan fingerprint density at radius 2 is 1.94 bits per heavy atom. The zero-order valence-electron chi connectivity index (χ0n) is 19.2. The van der Waals surface area contributed by atoms with Crippen molar-refractivity contribution in [2.45, 2.75) is 47.7 Å². The molecule has 0 unspecified atom stereocenters. The van der Waals surface area contributed by atoms with E-state index < -0.39 is 59.6 Å². The Labute approximate surface area is 223 Å². The van der Waals surface area contributed by atoms with Crippen molar-refractivity contribution in [3.05, 3.63) is 60.9 Å². The Hall–Kier alpha value is -2.21. The smallest absolute Gasteiger partial charge is 0.470 e. The summed E-state index contributed by atoms with van der Waals surface area (Å²) >= 11 is 17.0. The number of carbonyl (C=O) groups is 2. The van der Waals surface area contributed by atoms with Gasteiger partial charge in [-0.1, -0.05) is 83.9 Å². The highest BCUT2D eigenvalue weighted by atomic mass is 35.6. The second kappa shape index (κ2) is 13.4. The number of nitrogens with one attached hydrogen (secondary N) is 1. The van der Waals surface area contributed by atoms with Crippen LogP contribution in [0.25, 0.3) is 0 Å². The molecule has 1 aromatic rings. The molecule has 198 valence electrons. The van der Waals surface area contributed by atoms with E-state index in [-0.39, 0.29) is 13.2 Å². The number of halogens is 3. The minimum Gasteiger partial charge on any atom is -0.470 e. The third kappa shape index (κ3) is 8.16. The van der Waals surface area contributed by atoms with Crippen LogP contribution < -0.4 is 5.32 Å². The van der Waals surface area contributed by atoms with Gasteiger partial charge >= 0.3 is 12.2 Å². The SMILES string of the molecule is C=CCOC(=O)O[C@@H]1[C@@H](NC(=O)OCC(Cl)(Cl)Cl)[C@@H](O/C=C/C)O[C@@H]2CO[C@@H](c3ccccc3)O[C@@H]12. The molecule has 1 aromatic carbocycles. The summed E-state index contributed by atoms with van der Waals surface area (Å²) in [6.45, 7) is 4.69. The van der Waals surface area contributed by atoms with Crippen molar-refractivity contribution in [1.82, 2.24) is 5.32 Å². The number of benzene rings is 1. The first-order valence-corrected chi connectivity index (χ1v) is 12.0. The second-order valence-electron chi connectivity index (χ2n) is 7.62. The molecule has 2 aliphatic heterocycles. The molecule has 1 amide bonds. The van der Waals surface area contributed by atoms with Crippen LogP contribution in [0.15, 0.2) is 55.3 Å². The molecule has 3 rings (SSSR count). The quantitative estimate of drug-likeness (QED) is 0.210. The molecule has 0 aliphatic carbocycles. The molecule has 2 heterocycles. The molecule has 0 bridgehead atoms. The van der Waals surface area contributed by atoms with Gasteiger partial charge in [-0.15, -0.1) is 0 Å². The van der Waals surface area contributed by atoms with E-state index in [1.165, 1.54) is 12.3 Å². The Morgan fingerprint density at radius 1 is 1.19 bits per heavy atom. The zero-order chi connectivity index (χ0) is 26.1. The van der Waals surface area contributed by atoms with Crippen LogP contribution in [-0.4, -0.2) is 66.5 Å². The average molecular weight is 567 g/mol. The summed E-state index contributed by atoms with van der Waals surface area (Å²) in [6, 6.07) is 8.05. The minimum absolute atomic E-state index is 0.0886. The summed E-state index contributed by atoms with van der Waals surface area (Å²) in [5.74, 6) is 0. The van der Waals surface area contributed by atoms with E-state index in [1.807, 2.05) is 30.3 Å². The van der Waals surface area contributed by atoms with Gasteiger partial charge < -0.3 is 38.5 Å². The lowest BCUT2D eigenvalue weighted by molar-refractivity contribution is -0.338. The average Bonchev–Trinajstić information content (AvgIpc) is 2.86. The maximum atomic E-state index is 12.5. The van der Waals surface area contributed by atoms with E-state index in [9.17, 15) is 9.59 Å². The molecule has 36 heavy (non-hydrogen) atoms. The number of alkyl halides is 3. The van der Waals surface area contributed by atoms with Gasteiger partial charge in [0.15, 0.2) is 12.4 Å². The Bertz CT molecular complexity index is 912. The minimum atomic E-state index is -1.83.